The van der Waals surface area contributed by atoms with Crippen molar-refractivity contribution in [3.05, 3.63) is 62.8 Å². The SMILES string of the molecule is Cc1oc2c(N3C(=O)c4c(Cl)ccc(Cl)c4C3=O)cccc2c1C. The van der Waals surface area contributed by atoms with Crippen LogP contribution in [-0.2, 0) is 0 Å². The van der Waals surface area contributed by atoms with E-state index in [1.54, 1.807) is 12.1 Å². The number of amides is 2. The maximum atomic E-state index is 12.8. The average molecular weight is 360 g/mol. The van der Waals surface area contributed by atoms with Gasteiger partial charge in [0.05, 0.1) is 26.9 Å². The van der Waals surface area contributed by atoms with Gasteiger partial charge in [0.25, 0.3) is 11.8 Å². The first kappa shape index (κ1) is 15.2. The molecule has 0 atom stereocenters. The molecule has 1 aliphatic rings. The van der Waals surface area contributed by atoms with Crippen LogP contribution in [0.4, 0.5) is 5.69 Å². The Bertz CT molecular complexity index is 1010. The molecule has 120 valence electrons. The van der Waals surface area contributed by atoms with Gasteiger partial charge in [0.1, 0.15) is 5.76 Å². The fraction of sp³-hybridized carbons (Fsp3) is 0.111. The lowest BCUT2D eigenvalue weighted by atomic mass is 10.1. The molecule has 0 bridgehead atoms. The summed E-state index contributed by atoms with van der Waals surface area (Å²) in [6.07, 6.45) is 0. The number of carbonyl (C=O) groups is 2. The Kier molecular flexibility index (Phi) is 3.24. The lowest BCUT2D eigenvalue weighted by Crippen LogP contribution is -2.29. The number of halogens is 2. The van der Waals surface area contributed by atoms with Gasteiger partial charge in [-0.05, 0) is 37.6 Å². The first-order valence-electron chi connectivity index (χ1n) is 7.27. The summed E-state index contributed by atoms with van der Waals surface area (Å²) in [4.78, 5) is 26.7. The van der Waals surface area contributed by atoms with Crippen LogP contribution in [0.1, 0.15) is 32.0 Å². The number of nitrogens with zero attached hydrogens (tertiary/aromatic N) is 1. The van der Waals surface area contributed by atoms with Crippen molar-refractivity contribution in [2.75, 3.05) is 4.90 Å². The summed E-state index contributed by atoms with van der Waals surface area (Å²) in [5, 5.41) is 1.27. The molecule has 1 aromatic heterocycles. The highest BCUT2D eigenvalue weighted by molar-refractivity contribution is 6.46. The van der Waals surface area contributed by atoms with Crippen molar-refractivity contribution in [3.63, 3.8) is 0 Å². The van der Waals surface area contributed by atoms with Gasteiger partial charge in [-0.3, -0.25) is 9.59 Å². The van der Waals surface area contributed by atoms with Crippen LogP contribution in [-0.4, -0.2) is 11.8 Å². The summed E-state index contributed by atoms with van der Waals surface area (Å²) in [6.45, 7) is 3.77. The fourth-order valence-corrected chi connectivity index (χ4v) is 3.50. The van der Waals surface area contributed by atoms with E-state index in [2.05, 4.69) is 0 Å². The number of aryl methyl sites for hydroxylation is 2. The molecule has 2 amide bonds. The smallest absolute Gasteiger partial charge is 0.267 e. The third-order valence-electron chi connectivity index (χ3n) is 4.36. The molecule has 2 heterocycles. The predicted octanol–water partition coefficient (Wildman–Crippen LogP) is 5.16. The molecule has 6 heteroatoms. The minimum atomic E-state index is -0.498. The molecule has 3 aromatic rings. The van der Waals surface area contributed by atoms with Gasteiger partial charge in [0, 0.05) is 5.39 Å². The number of benzene rings is 2. The van der Waals surface area contributed by atoms with E-state index in [1.165, 1.54) is 12.1 Å². The van der Waals surface area contributed by atoms with Gasteiger partial charge in [-0.15, -0.1) is 0 Å². The monoisotopic (exact) mass is 359 g/mol. The molecule has 1 aliphatic heterocycles. The molecule has 4 nitrogen and oxygen atoms in total. The first-order valence-corrected chi connectivity index (χ1v) is 8.03. The zero-order chi connectivity index (χ0) is 17.2. The lowest BCUT2D eigenvalue weighted by Gasteiger charge is -2.14. The Morgan fingerprint density at radius 2 is 1.50 bits per heavy atom. The van der Waals surface area contributed by atoms with Gasteiger partial charge in [-0.1, -0.05) is 35.3 Å². The van der Waals surface area contributed by atoms with E-state index < -0.39 is 11.8 Å². The normalized spacial score (nSPS) is 13.9. The Balaban J connectivity index is 1.99. The quantitative estimate of drug-likeness (QED) is 0.564. The predicted molar refractivity (Wildman–Crippen MR) is 93.3 cm³/mol. The minimum Gasteiger partial charge on any atom is -0.459 e. The van der Waals surface area contributed by atoms with Crippen LogP contribution in [0.2, 0.25) is 10.0 Å². The number of hydrogen-bond acceptors (Lipinski definition) is 3. The highest BCUT2D eigenvalue weighted by Crippen LogP contribution is 2.40. The minimum absolute atomic E-state index is 0.131. The summed E-state index contributed by atoms with van der Waals surface area (Å²) in [7, 11) is 0. The molecule has 24 heavy (non-hydrogen) atoms. The van der Waals surface area contributed by atoms with Crippen molar-refractivity contribution in [2.45, 2.75) is 13.8 Å². The number of hydrogen-bond donors (Lipinski definition) is 0. The number of anilines is 1. The van der Waals surface area contributed by atoms with Crippen molar-refractivity contribution >= 4 is 51.7 Å². The highest BCUT2D eigenvalue weighted by atomic mass is 35.5. The Morgan fingerprint density at radius 3 is 2.08 bits per heavy atom. The van der Waals surface area contributed by atoms with Gasteiger partial charge < -0.3 is 4.42 Å². The van der Waals surface area contributed by atoms with Crippen LogP contribution in [0.5, 0.6) is 0 Å². The van der Waals surface area contributed by atoms with Gasteiger partial charge in [0.15, 0.2) is 5.58 Å². The van der Waals surface area contributed by atoms with Gasteiger partial charge in [0.2, 0.25) is 0 Å². The molecule has 0 unspecified atom stereocenters. The van der Waals surface area contributed by atoms with Crippen LogP contribution >= 0.6 is 23.2 Å². The molecule has 0 saturated heterocycles. The Hall–Kier alpha value is -2.30. The molecule has 2 aromatic carbocycles. The van der Waals surface area contributed by atoms with Crippen molar-refractivity contribution in [2.24, 2.45) is 0 Å². The summed E-state index contributed by atoms with van der Waals surface area (Å²) in [6, 6.07) is 8.38. The van der Waals surface area contributed by atoms with Gasteiger partial charge in [-0.2, -0.15) is 0 Å². The molecule has 0 N–H and O–H groups in total. The highest BCUT2D eigenvalue weighted by Gasteiger charge is 2.41. The number of para-hydroxylation sites is 1. The van der Waals surface area contributed by atoms with Crippen LogP contribution in [0.25, 0.3) is 11.0 Å². The number of rotatable bonds is 1. The maximum Gasteiger partial charge on any atom is 0.267 e. The molecular formula is C18H11Cl2NO3. The molecule has 0 aliphatic carbocycles. The second-order valence-corrected chi connectivity index (χ2v) is 6.48. The Morgan fingerprint density at radius 1 is 0.917 bits per heavy atom. The van der Waals surface area contributed by atoms with Crippen molar-refractivity contribution in [1.29, 1.82) is 0 Å². The second-order valence-electron chi connectivity index (χ2n) is 5.66. The van der Waals surface area contributed by atoms with Crippen molar-refractivity contribution in [1.82, 2.24) is 0 Å². The van der Waals surface area contributed by atoms with Crippen LogP contribution in [0, 0.1) is 13.8 Å². The van der Waals surface area contributed by atoms with Gasteiger partial charge >= 0.3 is 0 Å². The zero-order valence-electron chi connectivity index (χ0n) is 12.8. The van der Waals surface area contributed by atoms with E-state index >= 15 is 0 Å². The van der Waals surface area contributed by atoms with Gasteiger partial charge in [-0.25, -0.2) is 4.90 Å². The van der Waals surface area contributed by atoms with E-state index in [-0.39, 0.29) is 21.2 Å². The van der Waals surface area contributed by atoms with E-state index in [1.807, 2.05) is 19.9 Å². The third-order valence-corrected chi connectivity index (χ3v) is 4.99. The number of imide groups is 1. The van der Waals surface area contributed by atoms with Crippen molar-refractivity contribution < 1.29 is 14.0 Å². The third kappa shape index (κ3) is 1.87. The largest absolute Gasteiger partial charge is 0.459 e. The molecular weight excluding hydrogens is 349 g/mol. The van der Waals surface area contributed by atoms with Crippen LogP contribution in [0.15, 0.2) is 34.7 Å². The van der Waals surface area contributed by atoms with Crippen molar-refractivity contribution in [3.8, 4) is 0 Å². The summed E-state index contributed by atoms with van der Waals surface area (Å²) >= 11 is 12.2. The number of furan rings is 1. The molecule has 0 radical (unpaired) electrons. The summed E-state index contributed by atoms with van der Waals surface area (Å²) in [5.41, 5.74) is 2.12. The van der Waals surface area contributed by atoms with Crippen LogP contribution < -0.4 is 4.90 Å². The zero-order valence-corrected chi connectivity index (χ0v) is 14.3. The number of carbonyl (C=O) groups excluding carboxylic acids is 2. The second kappa shape index (κ2) is 5.10. The lowest BCUT2D eigenvalue weighted by molar-refractivity contribution is 0.0926. The average Bonchev–Trinajstić information content (AvgIpc) is 2.99. The molecule has 4 rings (SSSR count). The number of fused-ring (bicyclic) bond motifs is 2. The van der Waals surface area contributed by atoms with E-state index in [4.69, 9.17) is 27.6 Å². The summed E-state index contributed by atoms with van der Waals surface area (Å²) in [5.74, 6) is -0.256. The topological polar surface area (TPSA) is 50.5 Å². The Labute approximate surface area is 147 Å². The van der Waals surface area contributed by atoms with Crippen LogP contribution in [0.3, 0.4) is 0 Å². The molecule has 0 spiro atoms. The first-order chi connectivity index (χ1) is 11.4. The molecule has 0 saturated carbocycles. The molecule has 0 fully saturated rings. The van der Waals surface area contributed by atoms with E-state index in [0.29, 0.717) is 11.3 Å². The van der Waals surface area contributed by atoms with E-state index in [0.717, 1.165) is 21.6 Å². The summed E-state index contributed by atoms with van der Waals surface area (Å²) < 4.78 is 5.79. The fourth-order valence-electron chi connectivity index (χ4n) is 3.03. The van der Waals surface area contributed by atoms with E-state index in [9.17, 15) is 9.59 Å². The standard InChI is InChI=1S/C18H11Cl2NO3/c1-8-9(2)24-16-10(8)4-3-5-13(16)21-17(22)14-11(19)6-7-12(20)15(14)18(21)23/h3-7H,1-2H3. The maximum absolute atomic E-state index is 12.8.